The summed E-state index contributed by atoms with van der Waals surface area (Å²) in [6, 6.07) is 7.69. The Morgan fingerprint density at radius 3 is 2.73 bits per heavy atom. The SMILES string of the molecule is Cc1ccccc1CN1CC(=O)N(CCn2ccnc2)C1=O. The van der Waals surface area contributed by atoms with E-state index in [1.807, 2.05) is 42.0 Å². The molecule has 114 valence electrons. The number of aromatic nitrogens is 2. The molecule has 1 saturated heterocycles. The quantitative estimate of drug-likeness (QED) is 0.789. The fourth-order valence-electron chi connectivity index (χ4n) is 2.57. The van der Waals surface area contributed by atoms with Crippen LogP contribution in [0.15, 0.2) is 43.0 Å². The molecule has 0 bridgehead atoms. The largest absolute Gasteiger partial charge is 0.336 e. The monoisotopic (exact) mass is 298 g/mol. The zero-order valence-corrected chi connectivity index (χ0v) is 12.5. The summed E-state index contributed by atoms with van der Waals surface area (Å²) < 4.78 is 1.85. The number of nitrogens with zero attached hydrogens (tertiary/aromatic N) is 4. The van der Waals surface area contributed by atoms with Crippen LogP contribution < -0.4 is 0 Å². The van der Waals surface area contributed by atoms with E-state index < -0.39 is 0 Å². The number of hydrogen-bond acceptors (Lipinski definition) is 3. The average molecular weight is 298 g/mol. The summed E-state index contributed by atoms with van der Waals surface area (Å²) in [5.41, 5.74) is 2.19. The Labute approximate surface area is 129 Å². The first-order valence-electron chi connectivity index (χ1n) is 7.24. The number of urea groups is 1. The number of imide groups is 1. The molecule has 6 nitrogen and oxygen atoms in total. The molecule has 1 fully saturated rings. The number of imidazole rings is 1. The van der Waals surface area contributed by atoms with E-state index in [0.29, 0.717) is 19.6 Å². The van der Waals surface area contributed by atoms with Crippen molar-refractivity contribution in [2.75, 3.05) is 13.1 Å². The molecule has 1 aliphatic heterocycles. The highest BCUT2D eigenvalue weighted by molar-refractivity contribution is 6.01. The predicted octanol–water partition coefficient (Wildman–Crippen LogP) is 1.66. The van der Waals surface area contributed by atoms with Crippen LogP contribution in [-0.4, -0.2) is 44.4 Å². The molecule has 1 aliphatic rings. The number of amides is 3. The predicted molar refractivity (Wildman–Crippen MR) is 80.9 cm³/mol. The highest BCUT2D eigenvalue weighted by Gasteiger charge is 2.35. The molecule has 1 aromatic carbocycles. The molecule has 0 atom stereocenters. The van der Waals surface area contributed by atoms with Crippen LogP contribution in [-0.2, 0) is 17.9 Å². The second-order valence-electron chi connectivity index (χ2n) is 5.41. The van der Waals surface area contributed by atoms with Crippen molar-refractivity contribution in [1.29, 1.82) is 0 Å². The first-order valence-corrected chi connectivity index (χ1v) is 7.24. The van der Waals surface area contributed by atoms with Gasteiger partial charge in [0, 0.05) is 32.0 Å². The average Bonchev–Trinajstić information content (AvgIpc) is 3.10. The normalized spacial score (nSPS) is 15.0. The number of hydrogen-bond donors (Lipinski definition) is 0. The number of carbonyl (C=O) groups excluding carboxylic acids is 2. The van der Waals surface area contributed by atoms with Gasteiger partial charge in [-0.15, -0.1) is 0 Å². The highest BCUT2D eigenvalue weighted by Crippen LogP contribution is 2.16. The molecule has 0 saturated carbocycles. The number of carbonyl (C=O) groups is 2. The Morgan fingerprint density at radius 2 is 2.00 bits per heavy atom. The Morgan fingerprint density at radius 1 is 1.18 bits per heavy atom. The third-order valence-electron chi connectivity index (χ3n) is 3.89. The molecular formula is C16H18N4O2. The van der Waals surface area contributed by atoms with Crippen molar-refractivity contribution < 1.29 is 9.59 Å². The van der Waals surface area contributed by atoms with Crippen molar-refractivity contribution in [3.05, 3.63) is 54.1 Å². The van der Waals surface area contributed by atoms with E-state index in [9.17, 15) is 9.59 Å². The van der Waals surface area contributed by atoms with E-state index in [2.05, 4.69) is 4.98 Å². The third kappa shape index (κ3) is 2.86. The van der Waals surface area contributed by atoms with Crippen LogP contribution in [0.1, 0.15) is 11.1 Å². The van der Waals surface area contributed by atoms with Crippen LogP contribution in [0, 0.1) is 6.92 Å². The van der Waals surface area contributed by atoms with Gasteiger partial charge in [0.15, 0.2) is 0 Å². The van der Waals surface area contributed by atoms with Crippen molar-refractivity contribution in [2.24, 2.45) is 0 Å². The molecule has 3 amide bonds. The van der Waals surface area contributed by atoms with E-state index in [0.717, 1.165) is 11.1 Å². The van der Waals surface area contributed by atoms with Crippen molar-refractivity contribution in [2.45, 2.75) is 20.0 Å². The second-order valence-corrected chi connectivity index (χ2v) is 5.41. The molecule has 0 aliphatic carbocycles. The van der Waals surface area contributed by atoms with Crippen LogP contribution >= 0.6 is 0 Å². The Balaban J connectivity index is 1.65. The minimum Gasteiger partial charge on any atom is -0.336 e. The number of aryl methyl sites for hydroxylation is 1. The van der Waals surface area contributed by atoms with Gasteiger partial charge in [-0.1, -0.05) is 24.3 Å². The lowest BCUT2D eigenvalue weighted by molar-refractivity contribution is -0.125. The first kappa shape index (κ1) is 14.3. The van der Waals surface area contributed by atoms with Gasteiger partial charge in [-0.2, -0.15) is 0 Å². The minimum absolute atomic E-state index is 0.140. The van der Waals surface area contributed by atoms with E-state index in [4.69, 9.17) is 0 Å². The summed E-state index contributed by atoms with van der Waals surface area (Å²) in [6.07, 6.45) is 5.17. The maximum Gasteiger partial charge on any atom is 0.327 e. The molecule has 2 aromatic rings. The van der Waals surface area contributed by atoms with Crippen LogP contribution in [0.2, 0.25) is 0 Å². The van der Waals surface area contributed by atoms with E-state index in [1.165, 1.54) is 4.90 Å². The summed E-state index contributed by atoms with van der Waals surface area (Å²) in [7, 11) is 0. The maximum absolute atomic E-state index is 12.4. The van der Waals surface area contributed by atoms with Crippen molar-refractivity contribution in [3.63, 3.8) is 0 Å². The van der Waals surface area contributed by atoms with Gasteiger partial charge >= 0.3 is 6.03 Å². The molecule has 0 spiro atoms. The highest BCUT2D eigenvalue weighted by atomic mass is 16.2. The fraction of sp³-hybridized carbons (Fsp3) is 0.312. The van der Waals surface area contributed by atoms with Crippen LogP contribution in [0.5, 0.6) is 0 Å². The van der Waals surface area contributed by atoms with E-state index in [-0.39, 0.29) is 18.5 Å². The fourth-order valence-corrected chi connectivity index (χ4v) is 2.57. The molecule has 6 heteroatoms. The Kier molecular flexibility index (Phi) is 3.91. The summed E-state index contributed by atoms with van der Waals surface area (Å²) in [6.45, 7) is 3.57. The maximum atomic E-state index is 12.4. The van der Waals surface area contributed by atoms with Crippen molar-refractivity contribution in [3.8, 4) is 0 Å². The van der Waals surface area contributed by atoms with Gasteiger partial charge in [0.1, 0.15) is 6.54 Å². The smallest absolute Gasteiger partial charge is 0.327 e. The number of rotatable bonds is 5. The van der Waals surface area contributed by atoms with Crippen LogP contribution in [0.25, 0.3) is 0 Å². The van der Waals surface area contributed by atoms with Crippen molar-refractivity contribution >= 4 is 11.9 Å². The van der Waals surface area contributed by atoms with Gasteiger partial charge in [-0.3, -0.25) is 9.69 Å². The van der Waals surface area contributed by atoms with Crippen LogP contribution in [0.3, 0.4) is 0 Å². The minimum atomic E-state index is -0.214. The molecule has 3 rings (SSSR count). The van der Waals surface area contributed by atoms with Crippen molar-refractivity contribution in [1.82, 2.24) is 19.4 Å². The summed E-state index contributed by atoms with van der Waals surface area (Å²) >= 11 is 0. The third-order valence-corrected chi connectivity index (χ3v) is 3.89. The van der Waals surface area contributed by atoms with Gasteiger partial charge in [0.2, 0.25) is 5.91 Å². The number of benzene rings is 1. The molecule has 0 unspecified atom stereocenters. The molecule has 2 heterocycles. The molecule has 0 radical (unpaired) electrons. The molecular weight excluding hydrogens is 280 g/mol. The lowest BCUT2D eigenvalue weighted by Crippen LogP contribution is -2.35. The summed E-state index contributed by atoms with van der Waals surface area (Å²) in [5, 5.41) is 0. The lowest BCUT2D eigenvalue weighted by Gasteiger charge is -2.18. The van der Waals surface area contributed by atoms with Crippen LogP contribution in [0.4, 0.5) is 4.79 Å². The Bertz CT molecular complexity index is 681. The Hall–Kier alpha value is -2.63. The molecule has 0 N–H and O–H groups in total. The second kappa shape index (κ2) is 6.01. The summed E-state index contributed by atoms with van der Waals surface area (Å²) in [5.74, 6) is -0.140. The van der Waals surface area contributed by atoms with Gasteiger partial charge in [0.25, 0.3) is 0 Å². The van der Waals surface area contributed by atoms with Gasteiger partial charge in [-0.05, 0) is 18.1 Å². The standard InChI is InChI=1S/C16H18N4O2/c1-13-4-2-3-5-14(13)10-19-11-15(21)20(16(19)22)9-8-18-7-6-17-12-18/h2-7,12H,8-11H2,1H3. The first-order chi connectivity index (χ1) is 10.6. The van der Waals surface area contributed by atoms with Gasteiger partial charge in [-0.25, -0.2) is 9.78 Å². The van der Waals surface area contributed by atoms with E-state index >= 15 is 0 Å². The zero-order chi connectivity index (χ0) is 15.5. The zero-order valence-electron chi connectivity index (χ0n) is 12.5. The lowest BCUT2D eigenvalue weighted by atomic mass is 10.1. The van der Waals surface area contributed by atoms with Gasteiger partial charge in [0.05, 0.1) is 6.33 Å². The summed E-state index contributed by atoms with van der Waals surface area (Å²) in [4.78, 5) is 31.3. The van der Waals surface area contributed by atoms with Gasteiger partial charge < -0.3 is 9.47 Å². The van der Waals surface area contributed by atoms with E-state index in [1.54, 1.807) is 17.4 Å². The molecule has 1 aromatic heterocycles. The molecule has 22 heavy (non-hydrogen) atoms. The topological polar surface area (TPSA) is 58.4 Å².